The Balaban J connectivity index is 1.64. The third kappa shape index (κ3) is 6.40. The molecule has 12 heteroatoms. The lowest BCUT2D eigenvalue weighted by molar-refractivity contribution is -0.137. The van der Waals surface area contributed by atoms with Crippen molar-refractivity contribution in [2.24, 2.45) is 0 Å². The smallest absolute Gasteiger partial charge is 0.425 e. The van der Waals surface area contributed by atoms with Gasteiger partial charge in [0.1, 0.15) is 11.6 Å². The first-order valence-corrected chi connectivity index (χ1v) is 11.7. The van der Waals surface area contributed by atoms with Crippen LogP contribution < -0.4 is 15.0 Å². The van der Waals surface area contributed by atoms with E-state index in [1.54, 1.807) is 6.07 Å². The molecule has 0 amide bonds. The summed E-state index contributed by atoms with van der Waals surface area (Å²) in [5, 5.41) is 13.0. The summed E-state index contributed by atoms with van der Waals surface area (Å²) in [5.74, 6) is 0.397. The second-order valence-electron chi connectivity index (χ2n) is 8.12. The molecule has 36 heavy (non-hydrogen) atoms. The Bertz CT molecular complexity index is 1250. The van der Waals surface area contributed by atoms with E-state index in [1.165, 1.54) is 36.7 Å². The Labute approximate surface area is 217 Å². The lowest BCUT2D eigenvalue weighted by atomic mass is 10.0. The number of anilines is 2. The van der Waals surface area contributed by atoms with Crippen LogP contribution in [0.15, 0.2) is 61.6 Å². The lowest BCUT2D eigenvalue weighted by Gasteiger charge is -2.22. The summed E-state index contributed by atoms with van der Waals surface area (Å²) in [6.45, 7) is 4.78. The average Bonchev–Trinajstić information content (AvgIpc) is 3.24. The number of β-amino-alcohol motifs (C(OH)–C–C–N with tert-alkyl or cyclic N) is 1. The van der Waals surface area contributed by atoms with Gasteiger partial charge >= 0.3 is 10.3 Å². The second-order valence-corrected chi connectivity index (χ2v) is 9.38. The zero-order valence-electron chi connectivity index (χ0n) is 18.6. The third-order valence-corrected chi connectivity index (χ3v) is 5.66. The summed E-state index contributed by atoms with van der Waals surface area (Å²) in [6.07, 6.45) is -1.02. The van der Waals surface area contributed by atoms with Crippen LogP contribution >= 0.6 is 22.6 Å². The van der Waals surface area contributed by atoms with E-state index in [-0.39, 0.29) is 11.3 Å². The third-order valence-electron chi connectivity index (χ3n) is 5.44. The molecule has 190 valence electrons. The van der Waals surface area contributed by atoms with E-state index >= 15 is 0 Å². The predicted octanol–water partition coefficient (Wildman–Crippen LogP) is 6.18. The zero-order chi connectivity index (χ0) is 26.1. The highest BCUT2D eigenvalue weighted by Gasteiger charge is 2.32. The number of alkyl halides is 6. The van der Waals surface area contributed by atoms with E-state index < -0.39 is 22.0 Å². The molecule has 0 saturated carbocycles. The van der Waals surface area contributed by atoms with Gasteiger partial charge in [-0.3, -0.25) is 4.98 Å². The molecule has 1 atom stereocenters. The van der Waals surface area contributed by atoms with Crippen molar-refractivity contribution in [3.05, 3.63) is 72.7 Å². The number of hydrogen-bond acceptors (Lipinski definition) is 6. The van der Waals surface area contributed by atoms with E-state index in [0.29, 0.717) is 47.8 Å². The molecule has 1 fully saturated rings. The van der Waals surface area contributed by atoms with Crippen LogP contribution in [-0.2, 0) is 6.18 Å². The molecule has 3 heterocycles. The number of nitrogens with one attached hydrogen (secondary N) is 1. The fraction of sp³-hybridized carbons (Fsp3) is 0.250. The minimum absolute atomic E-state index is 0.0243. The Hall–Kier alpha value is -3.00. The number of aliphatic hydroxyl groups is 1. The molecule has 6 nitrogen and oxygen atoms in total. The highest BCUT2D eigenvalue weighted by molar-refractivity contribution is 14.1. The van der Waals surface area contributed by atoms with Crippen LogP contribution in [0.4, 0.5) is 33.5 Å². The van der Waals surface area contributed by atoms with Gasteiger partial charge in [0.05, 0.1) is 34.3 Å². The second kappa shape index (κ2) is 10.2. The number of aromatic nitrogens is 2. The molecule has 0 radical (unpaired) electrons. The van der Waals surface area contributed by atoms with Crippen molar-refractivity contribution in [1.29, 1.82) is 0 Å². The first kappa shape index (κ1) is 26.1. The summed E-state index contributed by atoms with van der Waals surface area (Å²) in [5.41, 5.74) is 1.11. The van der Waals surface area contributed by atoms with Crippen molar-refractivity contribution in [1.82, 2.24) is 9.97 Å². The highest BCUT2D eigenvalue weighted by atomic mass is 127. The standard InChI is InChI=1S/C24H20F5IN4O2/c1-14(33-18-2-4-20(5-3-18)36-24(28,29)30)15-9-21(16-8-17(12-31-10-16)23(25,26)27)22(32-11-15)34-7-6-19(35)13-34/h2-5,8-12,19,33,35H,1,6-7,13H2/t19-/m1/s1. The van der Waals surface area contributed by atoms with Crippen LogP contribution in [0.3, 0.4) is 0 Å². The Morgan fingerprint density at radius 1 is 1.11 bits per heavy atom. The molecule has 1 saturated heterocycles. The largest absolute Gasteiger partial charge is 0.451 e. The van der Waals surface area contributed by atoms with Crippen molar-refractivity contribution in [2.45, 2.75) is 22.8 Å². The van der Waals surface area contributed by atoms with Gasteiger partial charge in [-0.2, -0.15) is 22.0 Å². The molecule has 4 rings (SSSR count). The van der Waals surface area contributed by atoms with Gasteiger partial charge in [-0.15, -0.1) is 0 Å². The van der Waals surface area contributed by atoms with E-state index in [2.05, 4.69) is 26.6 Å². The van der Waals surface area contributed by atoms with Crippen molar-refractivity contribution in [3.8, 4) is 16.9 Å². The minimum atomic E-state index is -4.57. The maximum Gasteiger partial charge on any atom is 0.451 e. The van der Waals surface area contributed by atoms with Gasteiger partial charge in [0, 0.05) is 59.8 Å². The summed E-state index contributed by atoms with van der Waals surface area (Å²) < 4.78 is 67.2. The van der Waals surface area contributed by atoms with Gasteiger partial charge in [0.15, 0.2) is 0 Å². The number of pyridine rings is 2. The van der Waals surface area contributed by atoms with Crippen molar-refractivity contribution in [3.63, 3.8) is 0 Å². The molecule has 0 unspecified atom stereocenters. The average molecular weight is 618 g/mol. The van der Waals surface area contributed by atoms with Crippen LogP contribution in [0.5, 0.6) is 5.75 Å². The number of hydrogen-bond donors (Lipinski definition) is 2. The summed E-state index contributed by atoms with van der Waals surface area (Å²) >= 11 is 0.871. The number of rotatable bonds is 7. The summed E-state index contributed by atoms with van der Waals surface area (Å²) in [7, 11) is 0. The number of benzene rings is 1. The monoisotopic (exact) mass is 618 g/mol. The van der Waals surface area contributed by atoms with Crippen LogP contribution in [0, 0.1) is 0 Å². The lowest BCUT2D eigenvalue weighted by Crippen LogP contribution is -2.23. The highest BCUT2D eigenvalue weighted by Crippen LogP contribution is 2.37. The molecule has 0 spiro atoms. The number of nitrogens with zero attached hydrogens (tertiary/aromatic N) is 3. The van der Waals surface area contributed by atoms with Gasteiger partial charge in [-0.1, -0.05) is 6.58 Å². The molecular weight excluding hydrogens is 598 g/mol. The van der Waals surface area contributed by atoms with Crippen LogP contribution in [0.1, 0.15) is 17.5 Å². The van der Waals surface area contributed by atoms with Crippen LogP contribution in [0.2, 0.25) is 0 Å². The maximum atomic E-state index is 13.3. The number of aliphatic hydroxyl groups excluding tert-OH is 1. The van der Waals surface area contributed by atoms with E-state index in [0.717, 1.165) is 34.9 Å². The van der Waals surface area contributed by atoms with Crippen molar-refractivity contribution in [2.75, 3.05) is 23.3 Å². The molecule has 3 aromatic rings. The predicted molar refractivity (Wildman–Crippen MR) is 134 cm³/mol. The SMILES string of the molecule is C=C(Nc1ccc(OC(F)(F)I)cc1)c1cnc(N2CC[C@@H](O)C2)c(-c2cncc(C(F)(F)F)c2)c1. The molecule has 0 aliphatic carbocycles. The zero-order valence-corrected chi connectivity index (χ0v) is 20.7. The van der Waals surface area contributed by atoms with Crippen molar-refractivity contribution < 1.29 is 31.8 Å². The van der Waals surface area contributed by atoms with Gasteiger partial charge in [0.2, 0.25) is 0 Å². The number of ether oxygens (including phenoxy) is 1. The molecule has 1 aromatic carbocycles. The first-order chi connectivity index (χ1) is 16.9. The van der Waals surface area contributed by atoms with Gasteiger partial charge in [-0.05, 0) is 42.8 Å². The summed E-state index contributed by atoms with van der Waals surface area (Å²) in [4.78, 5) is 10.1. The Kier molecular flexibility index (Phi) is 7.36. The number of halogens is 6. The van der Waals surface area contributed by atoms with Crippen molar-refractivity contribution >= 4 is 39.8 Å². The minimum Gasteiger partial charge on any atom is -0.425 e. The normalized spacial score (nSPS) is 16.2. The summed E-state index contributed by atoms with van der Waals surface area (Å²) in [6, 6.07) is 8.42. The quantitative estimate of drug-likeness (QED) is 0.187. The molecule has 1 aliphatic heterocycles. The molecule has 2 aromatic heterocycles. The topological polar surface area (TPSA) is 70.5 Å². The van der Waals surface area contributed by atoms with E-state index in [1.807, 2.05) is 4.90 Å². The van der Waals surface area contributed by atoms with Gasteiger partial charge < -0.3 is 20.1 Å². The Morgan fingerprint density at radius 3 is 2.44 bits per heavy atom. The molecular formula is C24H20F5IN4O2. The van der Waals surface area contributed by atoms with Crippen LogP contribution in [-0.4, -0.2) is 38.4 Å². The van der Waals surface area contributed by atoms with Crippen LogP contribution in [0.25, 0.3) is 16.8 Å². The molecule has 1 aliphatic rings. The van der Waals surface area contributed by atoms with Gasteiger partial charge in [-0.25, -0.2) is 4.98 Å². The maximum absolute atomic E-state index is 13.3. The van der Waals surface area contributed by atoms with E-state index in [9.17, 15) is 27.1 Å². The fourth-order valence-corrected chi connectivity index (χ4v) is 4.00. The van der Waals surface area contributed by atoms with E-state index in [4.69, 9.17) is 0 Å². The fourth-order valence-electron chi connectivity index (χ4n) is 3.75. The molecule has 2 N–H and O–H groups in total. The molecule has 0 bridgehead atoms. The first-order valence-electron chi connectivity index (χ1n) is 10.7. The Morgan fingerprint density at radius 2 is 1.83 bits per heavy atom. The van der Waals surface area contributed by atoms with Gasteiger partial charge in [0.25, 0.3) is 0 Å².